The van der Waals surface area contributed by atoms with Gasteiger partial charge in [0, 0.05) is 0 Å². The summed E-state index contributed by atoms with van der Waals surface area (Å²) in [6.07, 6.45) is 9.71. The van der Waals surface area contributed by atoms with E-state index in [0.29, 0.717) is 5.92 Å². The molecule has 1 aliphatic carbocycles. The summed E-state index contributed by atoms with van der Waals surface area (Å²) >= 11 is 0. The maximum Gasteiger partial charge on any atom is -0.0121 e. The monoisotopic (exact) mass is 171 g/mol. The largest absolute Gasteiger partial charge is 0.0885 e. The van der Waals surface area contributed by atoms with Crippen molar-refractivity contribution < 1.29 is 0 Å². The summed E-state index contributed by atoms with van der Waals surface area (Å²) in [7, 11) is 0. The number of hydrogen-bond donors (Lipinski definition) is 0. The van der Waals surface area contributed by atoms with Crippen molar-refractivity contribution in [1.82, 2.24) is 0 Å². The fourth-order valence-electron chi connectivity index (χ4n) is 1.92. The number of hydrogen-bond acceptors (Lipinski definition) is 0. The minimum absolute atomic E-state index is 0.708. The average molecular weight is 171 g/mol. The molecule has 0 aliphatic heterocycles. The Morgan fingerprint density at radius 2 is 2.23 bits per heavy atom. The van der Waals surface area contributed by atoms with Crippen LogP contribution in [-0.4, -0.2) is 0 Å². The smallest absolute Gasteiger partial charge is 0.0121 e. The Balaban J connectivity index is 2.12. The predicted octanol–water partition coefficient (Wildman–Crippen LogP) is 3.70. The van der Waals surface area contributed by atoms with Crippen LogP contribution in [0.25, 0.3) is 0 Å². The molecular weight excluding hydrogens is 156 g/mol. The summed E-state index contributed by atoms with van der Waals surface area (Å²) in [5, 5.41) is 0. The summed E-state index contributed by atoms with van der Waals surface area (Å²) in [4.78, 5) is 0. The van der Waals surface area contributed by atoms with Gasteiger partial charge in [-0.15, -0.1) is 0 Å². The van der Waals surface area contributed by atoms with Crippen LogP contribution in [0.3, 0.4) is 0 Å². The van der Waals surface area contributed by atoms with E-state index in [1.54, 1.807) is 0 Å². The Morgan fingerprint density at radius 1 is 1.23 bits per heavy atom. The van der Waals surface area contributed by atoms with Crippen molar-refractivity contribution in [2.24, 2.45) is 0 Å². The van der Waals surface area contributed by atoms with Gasteiger partial charge in [-0.25, -0.2) is 0 Å². The average Bonchev–Trinajstić information content (AvgIpc) is 2.47. The first-order valence-electron chi connectivity index (χ1n) is 5.08. The molecule has 0 N–H and O–H groups in total. The van der Waals surface area contributed by atoms with Gasteiger partial charge < -0.3 is 0 Å². The molecular formula is C13H15. The molecule has 1 unspecified atom stereocenters. The molecule has 0 nitrogen and oxygen atoms in total. The van der Waals surface area contributed by atoms with E-state index in [1.807, 2.05) is 12.1 Å². The van der Waals surface area contributed by atoms with Gasteiger partial charge in [0.25, 0.3) is 0 Å². The molecule has 0 saturated heterocycles. The maximum absolute atomic E-state index is 3.33. The number of benzene rings is 1. The van der Waals surface area contributed by atoms with E-state index >= 15 is 0 Å². The SMILES string of the molecule is [c]1ccccc1C1CC=CCCC1. The molecule has 0 aromatic heterocycles. The molecule has 1 atom stereocenters. The van der Waals surface area contributed by atoms with Crippen molar-refractivity contribution in [3.8, 4) is 0 Å². The quantitative estimate of drug-likeness (QED) is 0.565. The van der Waals surface area contributed by atoms with Gasteiger partial charge in [-0.05, 0) is 43.2 Å². The van der Waals surface area contributed by atoms with E-state index in [0.717, 1.165) is 0 Å². The molecule has 67 valence electrons. The highest BCUT2D eigenvalue weighted by molar-refractivity contribution is 5.19. The highest BCUT2D eigenvalue weighted by atomic mass is 14.1. The van der Waals surface area contributed by atoms with Crippen molar-refractivity contribution in [3.05, 3.63) is 48.0 Å². The van der Waals surface area contributed by atoms with E-state index in [9.17, 15) is 0 Å². The van der Waals surface area contributed by atoms with Crippen molar-refractivity contribution in [2.45, 2.75) is 31.6 Å². The highest BCUT2D eigenvalue weighted by Crippen LogP contribution is 2.27. The molecule has 0 amide bonds. The van der Waals surface area contributed by atoms with Gasteiger partial charge in [-0.3, -0.25) is 0 Å². The second kappa shape index (κ2) is 4.27. The predicted molar refractivity (Wildman–Crippen MR) is 55.6 cm³/mol. The second-order valence-corrected chi connectivity index (χ2v) is 3.65. The molecule has 0 heteroatoms. The lowest BCUT2D eigenvalue weighted by atomic mass is 9.92. The van der Waals surface area contributed by atoms with Crippen LogP contribution in [0.5, 0.6) is 0 Å². The van der Waals surface area contributed by atoms with Crippen molar-refractivity contribution in [1.29, 1.82) is 0 Å². The lowest BCUT2D eigenvalue weighted by molar-refractivity contribution is 0.617. The van der Waals surface area contributed by atoms with Crippen LogP contribution in [0.2, 0.25) is 0 Å². The fourth-order valence-corrected chi connectivity index (χ4v) is 1.92. The standard InChI is InChI=1S/C13H15/c1-2-5-9-12(8-4-1)13-10-6-3-7-11-13/h1,3-4,6-7,10,12H,2,5,8-9H2. The Labute approximate surface area is 80.3 Å². The zero-order chi connectivity index (χ0) is 8.93. The Bertz CT molecular complexity index is 271. The van der Waals surface area contributed by atoms with Gasteiger partial charge in [0.05, 0.1) is 0 Å². The molecule has 0 heterocycles. The van der Waals surface area contributed by atoms with Crippen LogP contribution in [0.4, 0.5) is 0 Å². The molecule has 1 aromatic rings. The molecule has 2 rings (SSSR count). The molecule has 0 spiro atoms. The van der Waals surface area contributed by atoms with Crippen LogP contribution < -0.4 is 0 Å². The summed E-state index contributed by atoms with van der Waals surface area (Å²) in [6, 6.07) is 11.7. The molecule has 1 aliphatic rings. The molecule has 0 bridgehead atoms. The Hall–Kier alpha value is -1.04. The van der Waals surface area contributed by atoms with Crippen molar-refractivity contribution in [2.75, 3.05) is 0 Å². The first-order chi connectivity index (χ1) is 6.47. The lowest BCUT2D eigenvalue weighted by Crippen LogP contribution is -1.95. The van der Waals surface area contributed by atoms with E-state index in [-0.39, 0.29) is 0 Å². The first-order valence-corrected chi connectivity index (χ1v) is 5.08. The zero-order valence-corrected chi connectivity index (χ0v) is 7.87. The van der Waals surface area contributed by atoms with Crippen molar-refractivity contribution in [3.63, 3.8) is 0 Å². The van der Waals surface area contributed by atoms with Crippen LogP contribution >= 0.6 is 0 Å². The first kappa shape index (κ1) is 8.55. The van der Waals surface area contributed by atoms with Crippen LogP contribution in [0.1, 0.15) is 37.2 Å². The molecule has 1 radical (unpaired) electrons. The van der Waals surface area contributed by atoms with Gasteiger partial charge in [-0.2, -0.15) is 0 Å². The van der Waals surface area contributed by atoms with Gasteiger partial charge in [-0.1, -0.05) is 36.4 Å². The van der Waals surface area contributed by atoms with Crippen LogP contribution in [-0.2, 0) is 0 Å². The van der Waals surface area contributed by atoms with E-state index < -0.39 is 0 Å². The summed E-state index contributed by atoms with van der Waals surface area (Å²) in [5.41, 5.74) is 1.38. The number of allylic oxidation sites excluding steroid dienone is 2. The Kier molecular flexibility index (Phi) is 2.81. The highest BCUT2D eigenvalue weighted by Gasteiger charge is 2.10. The summed E-state index contributed by atoms with van der Waals surface area (Å²) < 4.78 is 0. The second-order valence-electron chi connectivity index (χ2n) is 3.65. The maximum atomic E-state index is 3.33. The van der Waals surface area contributed by atoms with Gasteiger partial charge in [0.1, 0.15) is 0 Å². The third kappa shape index (κ3) is 2.21. The number of rotatable bonds is 1. The minimum atomic E-state index is 0.708. The molecule has 13 heavy (non-hydrogen) atoms. The summed E-state index contributed by atoms with van der Waals surface area (Å²) in [6.45, 7) is 0. The van der Waals surface area contributed by atoms with E-state index in [1.165, 1.54) is 31.2 Å². The minimum Gasteiger partial charge on any atom is -0.0885 e. The third-order valence-corrected chi connectivity index (χ3v) is 2.68. The van der Waals surface area contributed by atoms with Crippen molar-refractivity contribution >= 4 is 0 Å². The van der Waals surface area contributed by atoms with E-state index in [2.05, 4.69) is 30.4 Å². The molecule has 0 fully saturated rings. The van der Waals surface area contributed by atoms with E-state index in [4.69, 9.17) is 0 Å². The van der Waals surface area contributed by atoms with Gasteiger partial charge in [0.2, 0.25) is 0 Å². The Morgan fingerprint density at radius 3 is 3.08 bits per heavy atom. The lowest BCUT2D eigenvalue weighted by Gasteiger charge is -2.12. The van der Waals surface area contributed by atoms with Gasteiger partial charge >= 0.3 is 0 Å². The molecule has 1 aromatic carbocycles. The van der Waals surface area contributed by atoms with Crippen LogP contribution in [0.15, 0.2) is 36.4 Å². The topological polar surface area (TPSA) is 0 Å². The normalized spacial score (nSPS) is 22.6. The van der Waals surface area contributed by atoms with Gasteiger partial charge in [0.15, 0.2) is 0 Å². The zero-order valence-electron chi connectivity index (χ0n) is 7.87. The molecule has 0 saturated carbocycles. The third-order valence-electron chi connectivity index (χ3n) is 2.68. The van der Waals surface area contributed by atoms with Crippen LogP contribution in [0, 0.1) is 6.07 Å². The summed E-state index contributed by atoms with van der Waals surface area (Å²) in [5.74, 6) is 0.708. The fraction of sp³-hybridized carbons (Fsp3) is 0.385.